The van der Waals surface area contributed by atoms with E-state index < -0.39 is 22.4 Å². The fourth-order valence-corrected chi connectivity index (χ4v) is 2.45. The van der Waals surface area contributed by atoms with Crippen LogP contribution in [0.25, 0.3) is 0 Å². The smallest absolute Gasteiger partial charge is 0.314 e. The van der Waals surface area contributed by atoms with Gasteiger partial charge >= 0.3 is 6.03 Å². The lowest BCUT2D eigenvalue weighted by molar-refractivity contribution is 0.0368. The van der Waals surface area contributed by atoms with Crippen molar-refractivity contribution in [3.8, 4) is 0 Å². The average Bonchev–Trinajstić information content (AvgIpc) is 2.89. The van der Waals surface area contributed by atoms with Gasteiger partial charge in [0.2, 0.25) is 0 Å². The standard InChI is InChI=1S/C14H24N2O4S/c1-13(2,3)21(19)9-7-15-12(17)16-10-14(4,18)11-6-5-8-20-11/h5-6,8,18H,7,9-10H2,1-4H3,(H2,15,16,17). The molecule has 1 aromatic heterocycles. The summed E-state index contributed by atoms with van der Waals surface area (Å²) < 4.78 is 16.6. The van der Waals surface area contributed by atoms with E-state index >= 15 is 0 Å². The highest BCUT2D eigenvalue weighted by molar-refractivity contribution is 7.86. The molecule has 0 aliphatic carbocycles. The minimum absolute atomic E-state index is 0.0225. The normalized spacial score (nSPS) is 16.0. The monoisotopic (exact) mass is 316 g/mol. The van der Waals surface area contributed by atoms with Gasteiger partial charge in [-0.2, -0.15) is 0 Å². The Balaban J connectivity index is 2.30. The highest BCUT2D eigenvalue weighted by Crippen LogP contribution is 2.19. The Morgan fingerprint density at radius 2 is 2.00 bits per heavy atom. The predicted molar refractivity (Wildman–Crippen MR) is 82.4 cm³/mol. The van der Waals surface area contributed by atoms with Gasteiger partial charge in [0.25, 0.3) is 0 Å². The summed E-state index contributed by atoms with van der Waals surface area (Å²) in [6, 6.07) is 2.91. The minimum Gasteiger partial charge on any atom is -0.466 e. The molecule has 0 radical (unpaired) electrons. The summed E-state index contributed by atoms with van der Waals surface area (Å²) in [7, 11) is -1.01. The minimum atomic E-state index is -1.27. The van der Waals surface area contributed by atoms with Crippen molar-refractivity contribution in [2.75, 3.05) is 18.8 Å². The van der Waals surface area contributed by atoms with Gasteiger partial charge in [0.05, 0.1) is 12.8 Å². The van der Waals surface area contributed by atoms with Gasteiger partial charge in [0.1, 0.15) is 11.4 Å². The van der Waals surface area contributed by atoms with Crippen molar-refractivity contribution >= 4 is 16.8 Å². The molecule has 0 aromatic carbocycles. The Kier molecular flexibility index (Phi) is 5.98. The molecule has 0 saturated heterocycles. The molecule has 1 aromatic rings. The Morgan fingerprint density at radius 3 is 2.52 bits per heavy atom. The van der Waals surface area contributed by atoms with Crippen LogP contribution in [0.4, 0.5) is 4.79 Å². The number of carbonyl (C=O) groups is 1. The lowest BCUT2D eigenvalue weighted by atomic mass is 10.0. The second-order valence-electron chi connectivity index (χ2n) is 6.02. The molecule has 1 rings (SSSR count). The summed E-state index contributed by atoms with van der Waals surface area (Å²) in [5.74, 6) is 0.780. The molecule has 2 atom stereocenters. The number of rotatable bonds is 6. The first-order chi connectivity index (χ1) is 9.63. The molecular formula is C14H24N2O4S. The maximum Gasteiger partial charge on any atom is 0.314 e. The zero-order valence-electron chi connectivity index (χ0n) is 12.9. The first-order valence-electron chi connectivity index (χ1n) is 6.79. The predicted octanol–water partition coefficient (Wildman–Crippen LogP) is 1.33. The van der Waals surface area contributed by atoms with Crippen molar-refractivity contribution in [1.82, 2.24) is 10.6 Å². The molecule has 21 heavy (non-hydrogen) atoms. The van der Waals surface area contributed by atoms with Gasteiger partial charge in [-0.3, -0.25) is 4.21 Å². The van der Waals surface area contributed by atoms with E-state index in [1.165, 1.54) is 6.26 Å². The van der Waals surface area contributed by atoms with Crippen LogP contribution in [0.15, 0.2) is 22.8 Å². The van der Waals surface area contributed by atoms with Gasteiger partial charge in [0, 0.05) is 27.8 Å². The quantitative estimate of drug-likeness (QED) is 0.738. The zero-order valence-corrected chi connectivity index (χ0v) is 13.8. The Hall–Kier alpha value is -1.34. The molecule has 0 saturated carbocycles. The highest BCUT2D eigenvalue weighted by Gasteiger charge is 2.26. The number of furan rings is 1. The maximum atomic E-state index is 11.8. The van der Waals surface area contributed by atoms with E-state index in [1.807, 2.05) is 20.8 Å². The van der Waals surface area contributed by atoms with Gasteiger partial charge in [-0.15, -0.1) is 0 Å². The first-order valence-corrected chi connectivity index (χ1v) is 8.11. The molecule has 0 aliphatic heterocycles. The molecule has 0 aliphatic rings. The summed E-state index contributed by atoms with van der Waals surface area (Å²) in [6.45, 7) is 7.57. The first kappa shape index (κ1) is 17.7. The van der Waals surface area contributed by atoms with Crippen LogP contribution in [0.3, 0.4) is 0 Å². The SMILES string of the molecule is CC(O)(CNC(=O)NCCS(=O)C(C)(C)C)c1ccco1. The molecule has 120 valence electrons. The second kappa shape index (κ2) is 7.09. The Labute approximate surface area is 127 Å². The average molecular weight is 316 g/mol. The van der Waals surface area contributed by atoms with Gasteiger partial charge < -0.3 is 20.2 Å². The third-order valence-electron chi connectivity index (χ3n) is 2.90. The van der Waals surface area contributed by atoms with E-state index in [0.29, 0.717) is 18.1 Å². The third kappa shape index (κ3) is 5.89. The molecule has 6 nitrogen and oxygen atoms in total. The Bertz CT molecular complexity index is 478. The summed E-state index contributed by atoms with van der Waals surface area (Å²) in [5, 5.41) is 15.3. The lowest BCUT2D eigenvalue weighted by Crippen LogP contribution is -2.44. The van der Waals surface area contributed by atoms with Crippen molar-refractivity contribution in [2.24, 2.45) is 0 Å². The van der Waals surface area contributed by atoms with Gasteiger partial charge in [-0.25, -0.2) is 4.79 Å². The molecule has 0 spiro atoms. The number of amides is 2. The number of hydrogen-bond acceptors (Lipinski definition) is 4. The number of carbonyl (C=O) groups excluding carboxylic acids is 1. The van der Waals surface area contributed by atoms with Crippen LogP contribution >= 0.6 is 0 Å². The van der Waals surface area contributed by atoms with Crippen LogP contribution in [-0.2, 0) is 16.4 Å². The number of aliphatic hydroxyl groups is 1. The van der Waals surface area contributed by atoms with Crippen LogP contribution in [0.1, 0.15) is 33.5 Å². The topological polar surface area (TPSA) is 91.6 Å². The maximum absolute atomic E-state index is 11.8. The van der Waals surface area contributed by atoms with Crippen molar-refractivity contribution < 1.29 is 18.5 Å². The highest BCUT2D eigenvalue weighted by atomic mass is 32.2. The van der Waals surface area contributed by atoms with Crippen molar-refractivity contribution in [2.45, 2.75) is 38.0 Å². The fraction of sp³-hybridized carbons (Fsp3) is 0.643. The summed E-state index contributed by atoms with van der Waals surface area (Å²) >= 11 is 0. The van der Waals surface area contributed by atoms with Crippen molar-refractivity contribution in [1.29, 1.82) is 0 Å². The van der Waals surface area contributed by atoms with Crippen LogP contribution < -0.4 is 10.6 Å². The van der Waals surface area contributed by atoms with Crippen LogP contribution in [-0.4, -0.2) is 38.9 Å². The van der Waals surface area contributed by atoms with Crippen LogP contribution in [0, 0.1) is 0 Å². The molecule has 7 heteroatoms. The van der Waals surface area contributed by atoms with Gasteiger partial charge in [0.15, 0.2) is 0 Å². The molecule has 0 fully saturated rings. The summed E-state index contributed by atoms with van der Waals surface area (Å²) in [4.78, 5) is 11.6. The largest absolute Gasteiger partial charge is 0.466 e. The molecule has 2 amide bonds. The van der Waals surface area contributed by atoms with Gasteiger partial charge in [-0.05, 0) is 39.8 Å². The second-order valence-corrected chi connectivity index (χ2v) is 8.35. The fourth-order valence-electron chi connectivity index (χ4n) is 1.55. The van der Waals surface area contributed by atoms with E-state index in [0.717, 1.165) is 0 Å². The molecule has 0 bridgehead atoms. The van der Waals surface area contributed by atoms with E-state index in [1.54, 1.807) is 19.1 Å². The van der Waals surface area contributed by atoms with Crippen molar-refractivity contribution in [3.05, 3.63) is 24.2 Å². The van der Waals surface area contributed by atoms with Crippen LogP contribution in [0.5, 0.6) is 0 Å². The molecular weight excluding hydrogens is 292 g/mol. The van der Waals surface area contributed by atoms with Crippen LogP contribution in [0.2, 0.25) is 0 Å². The third-order valence-corrected chi connectivity index (χ3v) is 4.84. The van der Waals surface area contributed by atoms with E-state index in [2.05, 4.69) is 10.6 Å². The van der Waals surface area contributed by atoms with E-state index in [-0.39, 0.29) is 11.3 Å². The zero-order chi connectivity index (χ0) is 16.1. The molecule has 3 N–H and O–H groups in total. The molecule has 1 heterocycles. The van der Waals surface area contributed by atoms with E-state index in [9.17, 15) is 14.1 Å². The summed E-state index contributed by atoms with van der Waals surface area (Å²) in [5.41, 5.74) is -1.27. The number of urea groups is 1. The lowest BCUT2D eigenvalue weighted by Gasteiger charge is -2.21. The summed E-state index contributed by atoms with van der Waals surface area (Å²) in [6.07, 6.45) is 1.46. The van der Waals surface area contributed by atoms with Crippen molar-refractivity contribution in [3.63, 3.8) is 0 Å². The van der Waals surface area contributed by atoms with E-state index in [4.69, 9.17) is 4.42 Å². The van der Waals surface area contributed by atoms with Gasteiger partial charge in [-0.1, -0.05) is 0 Å². The number of hydrogen-bond donors (Lipinski definition) is 3. The number of nitrogens with one attached hydrogen (secondary N) is 2. The Morgan fingerprint density at radius 1 is 1.33 bits per heavy atom. The molecule has 2 unspecified atom stereocenters.